The molecule has 3 aromatic rings. The summed E-state index contributed by atoms with van der Waals surface area (Å²) in [4.78, 5) is 0. The van der Waals surface area contributed by atoms with Gasteiger partial charge in [0.05, 0.1) is 4.32 Å². The van der Waals surface area contributed by atoms with E-state index < -0.39 is 0 Å². The Balaban J connectivity index is 1.60. The van der Waals surface area contributed by atoms with E-state index in [-0.39, 0.29) is 9.74 Å². The molecular formula is C27H23Br. The molecular weight excluding hydrogens is 404 g/mol. The van der Waals surface area contributed by atoms with Crippen molar-refractivity contribution in [1.82, 2.24) is 0 Å². The second kappa shape index (κ2) is 6.32. The number of rotatable bonds is 2. The van der Waals surface area contributed by atoms with Gasteiger partial charge in [-0.05, 0) is 45.4 Å². The zero-order chi connectivity index (χ0) is 19.4. The minimum Gasteiger partial charge on any atom is -0.0752 e. The van der Waals surface area contributed by atoms with Gasteiger partial charge in [-0.1, -0.05) is 121 Å². The zero-order valence-corrected chi connectivity index (χ0v) is 17.8. The molecule has 0 heterocycles. The van der Waals surface area contributed by atoms with E-state index in [9.17, 15) is 0 Å². The second-order valence-corrected chi connectivity index (χ2v) is 9.74. The maximum Gasteiger partial charge on any atom is 0.0726 e. The van der Waals surface area contributed by atoms with E-state index in [0.717, 1.165) is 6.42 Å². The molecule has 0 N–H and O–H groups in total. The lowest BCUT2D eigenvalue weighted by atomic mass is 9.76. The van der Waals surface area contributed by atoms with Gasteiger partial charge in [-0.3, -0.25) is 0 Å². The molecule has 0 aliphatic heterocycles. The quantitative estimate of drug-likeness (QED) is 0.369. The lowest BCUT2D eigenvalue weighted by molar-refractivity contribution is 0.637. The molecule has 0 saturated heterocycles. The van der Waals surface area contributed by atoms with Crippen molar-refractivity contribution in [3.05, 3.63) is 113 Å². The van der Waals surface area contributed by atoms with Crippen LogP contribution in [-0.2, 0) is 9.74 Å². The van der Waals surface area contributed by atoms with E-state index in [1.165, 1.54) is 39.0 Å². The monoisotopic (exact) mass is 426 g/mol. The number of hydrogen-bond acceptors (Lipinski definition) is 0. The highest BCUT2D eigenvalue weighted by Gasteiger charge is 2.41. The van der Waals surface area contributed by atoms with E-state index in [2.05, 4.69) is 121 Å². The average molecular weight is 427 g/mol. The SMILES string of the molecule is CC1(C)c2ccccc2-c2cccc(C3(Br)C=CC(c4ccccc4)=CC3)c21. The number of benzene rings is 3. The summed E-state index contributed by atoms with van der Waals surface area (Å²) < 4.78 is -0.171. The van der Waals surface area contributed by atoms with Crippen LogP contribution in [0.15, 0.2) is 91.0 Å². The van der Waals surface area contributed by atoms with Gasteiger partial charge in [0.25, 0.3) is 0 Å². The Labute approximate surface area is 175 Å². The summed E-state index contributed by atoms with van der Waals surface area (Å²) >= 11 is 4.12. The van der Waals surface area contributed by atoms with Gasteiger partial charge < -0.3 is 0 Å². The molecule has 0 aromatic heterocycles. The van der Waals surface area contributed by atoms with Gasteiger partial charge in [0.1, 0.15) is 0 Å². The van der Waals surface area contributed by atoms with Gasteiger partial charge >= 0.3 is 0 Å². The molecule has 5 rings (SSSR count). The predicted octanol–water partition coefficient (Wildman–Crippen LogP) is 7.63. The third kappa shape index (κ3) is 2.57. The molecule has 28 heavy (non-hydrogen) atoms. The molecule has 0 fully saturated rings. The van der Waals surface area contributed by atoms with E-state index in [1.54, 1.807) is 0 Å². The highest BCUT2D eigenvalue weighted by molar-refractivity contribution is 9.09. The van der Waals surface area contributed by atoms with E-state index in [0.29, 0.717) is 0 Å². The number of hydrogen-bond donors (Lipinski definition) is 0. The summed E-state index contributed by atoms with van der Waals surface area (Å²) in [6, 6.07) is 26.3. The maximum absolute atomic E-state index is 4.12. The van der Waals surface area contributed by atoms with Crippen molar-refractivity contribution in [2.24, 2.45) is 0 Å². The summed E-state index contributed by atoms with van der Waals surface area (Å²) in [6.45, 7) is 4.71. The molecule has 2 aliphatic rings. The number of alkyl halides is 1. The molecule has 1 heteroatoms. The highest BCUT2D eigenvalue weighted by atomic mass is 79.9. The smallest absolute Gasteiger partial charge is 0.0726 e. The first-order chi connectivity index (χ1) is 13.5. The van der Waals surface area contributed by atoms with Gasteiger partial charge in [-0.25, -0.2) is 0 Å². The van der Waals surface area contributed by atoms with Gasteiger partial charge in [-0.15, -0.1) is 0 Å². The van der Waals surface area contributed by atoms with E-state index >= 15 is 0 Å². The fourth-order valence-corrected chi connectivity index (χ4v) is 5.48. The molecule has 3 aromatic carbocycles. The summed E-state index contributed by atoms with van der Waals surface area (Å²) in [5.41, 5.74) is 9.59. The average Bonchev–Trinajstić information content (AvgIpc) is 2.97. The summed E-state index contributed by atoms with van der Waals surface area (Å²) in [6.07, 6.45) is 7.90. The summed E-state index contributed by atoms with van der Waals surface area (Å²) in [5, 5.41) is 0. The molecule has 1 unspecified atom stereocenters. The van der Waals surface area contributed by atoms with E-state index in [1.807, 2.05) is 0 Å². The van der Waals surface area contributed by atoms with Crippen molar-refractivity contribution in [2.75, 3.05) is 0 Å². The standard InChI is InChI=1S/C27H23Br/c1-26(2)23-13-7-6-11-21(23)22-12-8-14-24(25(22)26)27(28)17-15-20(16-18-27)19-9-4-3-5-10-19/h3-17H,18H2,1-2H3. The number of allylic oxidation sites excluding steroid dienone is 4. The van der Waals surface area contributed by atoms with Crippen molar-refractivity contribution >= 4 is 21.5 Å². The Morgan fingerprint density at radius 1 is 0.750 bits per heavy atom. The summed E-state index contributed by atoms with van der Waals surface area (Å²) in [5.74, 6) is 0. The Morgan fingerprint density at radius 2 is 1.43 bits per heavy atom. The Bertz CT molecular complexity index is 1120. The molecule has 0 bridgehead atoms. The van der Waals surface area contributed by atoms with Crippen molar-refractivity contribution in [2.45, 2.75) is 30.0 Å². The van der Waals surface area contributed by atoms with Gasteiger partial charge in [0, 0.05) is 5.41 Å². The van der Waals surface area contributed by atoms with Gasteiger partial charge in [-0.2, -0.15) is 0 Å². The molecule has 2 aliphatic carbocycles. The molecule has 1 atom stereocenters. The van der Waals surface area contributed by atoms with Crippen LogP contribution in [0.3, 0.4) is 0 Å². The van der Waals surface area contributed by atoms with Gasteiger partial charge in [0.15, 0.2) is 0 Å². The third-order valence-corrected chi connectivity index (χ3v) is 7.30. The van der Waals surface area contributed by atoms with Crippen molar-refractivity contribution in [1.29, 1.82) is 0 Å². The number of halogens is 1. The molecule has 0 spiro atoms. The number of fused-ring (bicyclic) bond motifs is 3. The van der Waals surface area contributed by atoms with Crippen LogP contribution in [0, 0.1) is 0 Å². The topological polar surface area (TPSA) is 0 Å². The zero-order valence-electron chi connectivity index (χ0n) is 16.2. The highest BCUT2D eigenvalue weighted by Crippen LogP contribution is 2.54. The van der Waals surface area contributed by atoms with Gasteiger partial charge in [0.2, 0.25) is 0 Å². The van der Waals surface area contributed by atoms with Crippen molar-refractivity contribution in [3.63, 3.8) is 0 Å². The minimum absolute atomic E-state index is 0.000547. The van der Waals surface area contributed by atoms with Crippen molar-refractivity contribution in [3.8, 4) is 11.1 Å². The molecule has 138 valence electrons. The van der Waals surface area contributed by atoms with Crippen LogP contribution in [-0.4, -0.2) is 0 Å². The molecule has 0 radical (unpaired) electrons. The molecule has 0 nitrogen and oxygen atoms in total. The van der Waals surface area contributed by atoms with E-state index in [4.69, 9.17) is 0 Å². The first-order valence-corrected chi connectivity index (χ1v) is 10.7. The van der Waals surface area contributed by atoms with Crippen molar-refractivity contribution < 1.29 is 0 Å². The molecule has 0 saturated carbocycles. The van der Waals surface area contributed by atoms with Crippen LogP contribution < -0.4 is 0 Å². The largest absolute Gasteiger partial charge is 0.0752 e. The Kier molecular flexibility index (Phi) is 4.00. The summed E-state index contributed by atoms with van der Waals surface area (Å²) in [7, 11) is 0. The maximum atomic E-state index is 4.12. The Hall–Kier alpha value is -2.38. The Morgan fingerprint density at radius 3 is 2.18 bits per heavy atom. The van der Waals surface area contributed by atoms with Crippen LogP contribution in [0.2, 0.25) is 0 Å². The second-order valence-electron chi connectivity index (χ2n) is 8.32. The lowest BCUT2D eigenvalue weighted by Crippen LogP contribution is -2.24. The fraction of sp³-hybridized carbons (Fsp3) is 0.185. The molecule has 0 amide bonds. The first-order valence-electron chi connectivity index (χ1n) is 9.88. The fourth-order valence-electron chi connectivity index (χ4n) is 4.85. The first kappa shape index (κ1) is 17.7. The normalized spacial score (nSPS) is 21.8. The lowest BCUT2D eigenvalue weighted by Gasteiger charge is -2.33. The predicted molar refractivity (Wildman–Crippen MR) is 123 cm³/mol. The van der Waals surface area contributed by atoms with Crippen LogP contribution in [0.5, 0.6) is 0 Å². The minimum atomic E-state index is -0.171. The van der Waals surface area contributed by atoms with Crippen LogP contribution in [0.25, 0.3) is 16.7 Å². The van der Waals surface area contributed by atoms with Crippen LogP contribution in [0.4, 0.5) is 0 Å². The van der Waals surface area contributed by atoms with Crippen LogP contribution >= 0.6 is 15.9 Å². The third-order valence-electron chi connectivity index (χ3n) is 6.28. The van der Waals surface area contributed by atoms with Crippen LogP contribution in [0.1, 0.15) is 42.5 Å².